The first-order chi connectivity index (χ1) is 8.35. The smallest absolute Gasteiger partial charge is 0.161 e. The maximum absolute atomic E-state index is 5.54. The molecule has 0 amide bonds. The van der Waals surface area contributed by atoms with E-state index in [1.54, 1.807) is 6.26 Å². The highest BCUT2D eigenvalue weighted by atomic mass is 16.7. The minimum absolute atomic E-state index is 0.189. The van der Waals surface area contributed by atoms with Crippen molar-refractivity contribution in [1.29, 1.82) is 0 Å². The number of hydrogen-bond donors (Lipinski definition) is 0. The summed E-state index contributed by atoms with van der Waals surface area (Å²) >= 11 is 0. The van der Waals surface area contributed by atoms with Crippen LogP contribution in [0, 0.1) is 0 Å². The van der Waals surface area contributed by atoms with Gasteiger partial charge in [-0.1, -0.05) is 18.2 Å². The number of benzene rings is 1. The first kappa shape index (κ1) is 12.1. The van der Waals surface area contributed by atoms with Crippen LogP contribution in [0.4, 0.5) is 0 Å². The Morgan fingerprint density at radius 3 is 2.53 bits per heavy atom. The van der Waals surface area contributed by atoms with Gasteiger partial charge in [0.25, 0.3) is 0 Å². The Labute approximate surface area is 101 Å². The van der Waals surface area contributed by atoms with E-state index in [2.05, 4.69) is 6.07 Å². The van der Waals surface area contributed by atoms with E-state index in [-0.39, 0.29) is 6.29 Å². The fraction of sp³-hybridized carbons (Fsp3) is 0.429. The summed E-state index contributed by atoms with van der Waals surface area (Å²) in [6, 6.07) is 8.01. The third kappa shape index (κ3) is 2.87. The fourth-order valence-electron chi connectivity index (χ4n) is 1.91. The van der Waals surface area contributed by atoms with Gasteiger partial charge in [-0.05, 0) is 19.9 Å². The molecule has 0 aliphatic heterocycles. The van der Waals surface area contributed by atoms with Crippen molar-refractivity contribution in [3.8, 4) is 0 Å². The standard InChI is InChI=1S/C14H18O3/c1-3-15-14(16-4-2)9-11-10-17-13-8-6-5-7-12(11)13/h5-8,10,14H,3-4,9H2,1-2H3. The van der Waals surface area contributed by atoms with Gasteiger partial charge in [-0.2, -0.15) is 0 Å². The van der Waals surface area contributed by atoms with E-state index in [4.69, 9.17) is 13.9 Å². The topological polar surface area (TPSA) is 31.6 Å². The molecule has 1 aromatic carbocycles. The van der Waals surface area contributed by atoms with E-state index in [0.717, 1.165) is 23.0 Å². The van der Waals surface area contributed by atoms with E-state index in [9.17, 15) is 0 Å². The molecule has 0 aliphatic carbocycles. The molecule has 0 atom stereocenters. The average Bonchev–Trinajstić information content (AvgIpc) is 2.74. The van der Waals surface area contributed by atoms with E-state index < -0.39 is 0 Å². The van der Waals surface area contributed by atoms with Gasteiger partial charge in [0.15, 0.2) is 6.29 Å². The fourth-order valence-corrected chi connectivity index (χ4v) is 1.91. The first-order valence-electron chi connectivity index (χ1n) is 6.03. The zero-order valence-electron chi connectivity index (χ0n) is 10.3. The second-order valence-electron chi connectivity index (χ2n) is 3.80. The van der Waals surface area contributed by atoms with Crippen LogP contribution in [0.5, 0.6) is 0 Å². The minimum Gasteiger partial charge on any atom is -0.464 e. The quantitative estimate of drug-likeness (QED) is 0.718. The molecule has 1 aromatic heterocycles. The molecule has 0 spiro atoms. The van der Waals surface area contributed by atoms with Crippen LogP contribution in [-0.2, 0) is 15.9 Å². The van der Waals surface area contributed by atoms with Gasteiger partial charge in [0, 0.05) is 30.6 Å². The maximum atomic E-state index is 5.54. The van der Waals surface area contributed by atoms with Gasteiger partial charge < -0.3 is 13.9 Å². The first-order valence-corrected chi connectivity index (χ1v) is 6.03. The highest BCUT2D eigenvalue weighted by Crippen LogP contribution is 2.22. The molecule has 0 saturated carbocycles. The Bertz CT molecular complexity index is 455. The molecule has 2 aromatic rings. The highest BCUT2D eigenvalue weighted by molar-refractivity contribution is 5.80. The second-order valence-corrected chi connectivity index (χ2v) is 3.80. The predicted molar refractivity (Wildman–Crippen MR) is 67.0 cm³/mol. The Morgan fingerprint density at radius 1 is 1.12 bits per heavy atom. The van der Waals surface area contributed by atoms with Crippen LogP contribution >= 0.6 is 0 Å². The lowest BCUT2D eigenvalue weighted by Crippen LogP contribution is -2.19. The number of fused-ring (bicyclic) bond motifs is 1. The highest BCUT2D eigenvalue weighted by Gasteiger charge is 2.13. The molecule has 92 valence electrons. The number of hydrogen-bond acceptors (Lipinski definition) is 3. The van der Waals surface area contributed by atoms with Gasteiger partial charge >= 0.3 is 0 Å². The molecule has 0 unspecified atom stereocenters. The summed E-state index contributed by atoms with van der Waals surface area (Å²) in [4.78, 5) is 0. The van der Waals surface area contributed by atoms with Crippen molar-refractivity contribution < 1.29 is 13.9 Å². The molecule has 3 nitrogen and oxygen atoms in total. The van der Waals surface area contributed by atoms with Crippen molar-refractivity contribution in [2.24, 2.45) is 0 Å². The van der Waals surface area contributed by atoms with E-state index in [0.29, 0.717) is 13.2 Å². The normalized spacial score (nSPS) is 11.5. The summed E-state index contributed by atoms with van der Waals surface area (Å²) in [6.07, 6.45) is 2.32. The molecule has 0 saturated heterocycles. The number of rotatable bonds is 6. The molecule has 0 aliphatic rings. The van der Waals surface area contributed by atoms with Crippen LogP contribution in [0.3, 0.4) is 0 Å². The summed E-state index contributed by atoms with van der Waals surface area (Å²) in [6.45, 7) is 5.25. The zero-order valence-corrected chi connectivity index (χ0v) is 10.3. The zero-order chi connectivity index (χ0) is 12.1. The Kier molecular flexibility index (Phi) is 4.18. The van der Waals surface area contributed by atoms with Crippen LogP contribution in [0.1, 0.15) is 19.4 Å². The van der Waals surface area contributed by atoms with Crippen LogP contribution in [0.25, 0.3) is 11.0 Å². The van der Waals surface area contributed by atoms with Crippen molar-refractivity contribution in [1.82, 2.24) is 0 Å². The lowest BCUT2D eigenvalue weighted by atomic mass is 10.1. The monoisotopic (exact) mass is 234 g/mol. The number of ether oxygens (including phenoxy) is 2. The largest absolute Gasteiger partial charge is 0.464 e. The Morgan fingerprint density at radius 2 is 1.82 bits per heavy atom. The van der Waals surface area contributed by atoms with Crippen molar-refractivity contribution in [3.63, 3.8) is 0 Å². The second kappa shape index (κ2) is 5.84. The van der Waals surface area contributed by atoms with Crippen molar-refractivity contribution in [3.05, 3.63) is 36.1 Å². The van der Waals surface area contributed by atoms with Crippen molar-refractivity contribution in [2.45, 2.75) is 26.6 Å². The lowest BCUT2D eigenvalue weighted by Gasteiger charge is -2.15. The number of para-hydroxylation sites is 1. The summed E-state index contributed by atoms with van der Waals surface area (Å²) in [7, 11) is 0. The van der Waals surface area contributed by atoms with E-state index in [1.807, 2.05) is 32.0 Å². The molecule has 0 bridgehead atoms. The number of furan rings is 1. The van der Waals surface area contributed by atoms with Crippen LogP contribution in [-0.4, -0.2) is 19.5 Å². The molecular weight excluding hydrogens is 216 g/mol. The molecule has 1 heterocycles. The third-order valence-corrected chi connectivity index (χ3v) is 2.65. The molecular formula is C14H18O3. The van der Waals surface area contributed by atoms with Gasteiger partial charge in [0.1, 0.15) is 5.58 Å². The summed E-state index contributed by atoms with van der Waals surface area (Å²) in [5, 5.41) is 1.14. The van der Waals surface area contributed by atoms with E-state index in [1.165, 1.54) is 0 Å². The van der Waals surface area contributed by atoms with E-state index >= 15 is 0 Å². The molecule has 2 rings (SSSR count). The van der Waals surface area contributed by atoms with Gasteiger partial charge in [-0.25, -0.2) is 0 Å². The Hall–Kier alpha value is -1.32. The van der Waals surface area contributed by atoms with Gasteiger partial charge in [-0.15, -0.1) is 0 Å². The molecule has 0 radical (unpaired) electrons. The van der Waals surface area contributed by atoms with Crippen molar-refractivity contribution >= 4 is 11.0 Å². The summed E-state index contributed by atoms with van der Waals surface area (Å²) in [5.41, 5.74) is 2.04. The van der Waals surface area contributed by atoms with Gasteiger partial charge in [0.05, 0.1) is 6.26 Å². The Balaban J connectivity index is 2.15. The molecule has 3 heteroatoms. The molecule has 0 N–H and O–H groups in total. The van der Waals surface area contributed by atoms with Crippen LogP contribution in [0.15, 0.2) is 34.9 Å². The summed E-state index contributed by atoms with van der Waals surface area (Å²) < 4.78 is 16.6. The molecule has 17 heavy (non-hydrogen) atoms. The molecule has 0 fully saturated rings. The predicted octanol–water partition coefficient (Wildman–Crippen LogP) is 3.37. The average molecular weight is 234 g/mol. The van der Waals surface area contributed by atoms with Gasteiger partial charge in [0.2, 0.25) is 0 Å². The third-order valence-electron chi connectivity index (χ3n) is 2.65. The van der Waals surface area contributed by atoms with Gasteiger partial charge in [-0.3, -0.25) is 0 Å². The maximum Gasteiger partial charge on any atom is 0.161 e. The van der Waals surface area contributed by atoms with Crippen LogP contribution < -0.4 is 0 Å². The lowest BCUT2D eigenvalue weighted by molar-refractivity contribution is -0.134. The minimum atomic E-state index is -0.189. The SMILES string of the molecule is CCOC(Cc1coc2ccccc12)OCC. The van der Waals surface area contributed by atoms with Crippen molar-refractivity contribution in [2.75, 3.05) is 13.2 Å². The summed E-state index contributed by atoms with van der Waals surface area (Å²) in [5.74, 6) is 0. The van der Waals surface area contributed by atoms with Crippen LogP contribution in [0.2, 0.25) is 0 Å².